The van der Waals surface area contributed by atoms with Crippen LogP contribution < -0.4 is 4.90 Å². The maximum absolute atomic E-state index is 12.0. The number of carbonyl (C=O) groups is 1. The third kappa shape index (κ3) is 3.91. The van der Waals surface area contributed by atoms with E-state index in [1.165, 1.54) is 0 Å². The number of nitriles is 1. The third-order valence-electron chi connectivity index (χ3n) is 4.51. The Balaban J connectivity index is 1.99. The van der Waals surface area contributed by atoms with Gasteiger partial charge in [-0.25, -0.2) is 0 Å². The molecule has 0 unspecified atom stereocenters. The Morgan fingerprint density at radius 2 is 1.96 bits per heavy atom. The predicted octanol–water partition coefficient (Wildman–Crippen LogP) is 4.76. The molecule has 0 radical (unpaired) electrons. The van der Waals surface area contributed by atoms with Crippen molar-refractivity contribution in [1.82, 2.24) is 4.90 Å². The number of carbonyl (C=O) groups excluding carboxylic acids is 1. The molecule has 7 heteroatoms. The Morgan fingerprint density at radius 3 is 2.58 bits per heavy atom. The molecule has 0 aliphatic carbocycles. The molecule has 4 nitrogen and oxygen atoms in total. The van der Waals surface area contributed by atoms with Crippen molar-refractivity contribution < 1.29 is 4.79 Å². The van der Waals surface area contributed by atoms with Crippen molar-refractivity contribution in [2.45, 2.75) is 19.0 Å². The highest BCUT2D eigenvalue weighted by atomic mass is 35.5. The zero-order valence-electron chi connectivity index (χ0n) is 14.0. The number of anilines is 1. The summed E-state index contributed by atoms with van der Waals surface area (Å²) >= 11 is 18.7. The third-order valence-corrected chi connectivity index (χ3v) is 5.43. The van der Waals surface area contributed by atoms with Crippen LogP contribution in [0.3, 0.4) is 0 Å². The molecule has 0 N–H and O–H groups in total. The minimum Gasteiger partial charge on any atom is -0.362 e. The summed E-state index contributed by atoms with van der Waals surface area (Å²) in [5.74, 6) is 0.0944. The van der Waals surface area contributed by atoms with Crippen molar-refractivity contribution in [2.24, 2.45) is 0 Å². The van der Waals surface area contributed by atoms with Crippen LogP contribution >= 0.6 is 34.8 Å². The molecule has 1 saturated heterocycles. The fourth-order valence-electron chi connectivity index (χ4n) is 3.10. The van der Waals surface area contributed by atoms with Crippen molar-refractivity contribution in [2.75, 3.05) is 18.5 Å². The van der Waals surface area contributed by atoms with Crippen molar-refractivity contribution in [1.29, 1.82) is 5.26 Å². The smallest absolute Gasteiger partial charge is 0.224 e. The van der Waals surface area contributed by atoms with Crippen LogP contribution in [0, 0.1) is 11.3 Å². The number of likely N-dealkylation sites (N-methyl/N-ethyl adjacent to an activating group) is 1. The second kappa shape index (κ2) is 7.75. The van der Waals surface area contributed by atoms with E-state index in [0.717, 1.165) is 11.3 Å². The van der Waals surface area contributed by atoms with Crippen LogP contribution in [0.5, 0.6) is 0 Å². The molecule has 26 heavy (non-hydrogen) atoms. The van der Waals surface area contributed by atoms with Gasteiger partial charge < -0.3 is 9.80 Å². The summed E-state index contributed by atoms with van der Waals surface area (Å²) in [5, 5.41) is 10.7. The standard InChI is InChI=1S/C19H16Cl3N3O/c1-24-11-16(8-19(24)26)25(10-13-6-14(20)3-5-17(13)21)15-4-2-12(9-23)18(22)7-15/h2-7,16H,8,10-11H2,1H3/t16-/m0/s1. The van der Waals surface area contributed by atoms with Crippen LogP contribution in [0.2, 0.25) is 15.1 Å². The average Bonchev–Trinajstić information content (AvgIpc) is 2.94. The quantitative estimate of drug-likeness (QED) is 0.733. The summed E-state index contributed by atoms with van der Waals surface area (Å²) in [5.41, 5.74) is 2.11. The Labute approximate surface area is 167 Å². The molecule has 1 heterocycles. The molecule has 0 aromatic heterocycles. The number of halogens is 3. The molecule has 0 spiro atoms. The molecule has 134 valence electrons. The summed E-state index contributed by atoms with van der Waals surface area (Å²) in [6.45, 7) is 1.09. The van der Waals surface area contributed by atoms with Gasteiger partial charge in [0.15, 0.2) is 0 Å². The molecule has 1 aliphatic rings. The number of hydrogen-bond acceptors (Lipinski definition) is 3. The predicted molar refractivity (Wildman–Crippen MR) is 105 cm³/mol. The van der Waals surface area contributed by atoms with E-state index >= 15 is 0 Å². The van der Waals surface area contributed by atoms with Gasteiger partial charge in [0, 0.05) is 42.3 Å². The summed E-state index contributed by atoms with van der Waals surface area (Å²) in [7, 11) is 1.79. The van der Waals surface area contributed by atoms with E-state index in [-0.39, 0.29) is 11.9 Å². The highest BCUT2D eigenvalue weighted by molar-refractivity contribution is 6.33. The molecule has 1 atom stereocenters. The monoisotopic (exact) mass is 407 g/mol. The molecule has 2 aromatic carbocycles. The lowest BCUT2D eigenvalue weighted by Crippen LogP contribution is -2.36. The van der Waals surface area contributed by atoms with Crippen LogP contribution in [0.4, 0.5) is 5.69 Å². The maximum atomic E-state index is 12.0. The van der Waals surface area contributed by atoms with Crippen molar-refractivity contribution in [3.05, 3.63) is 62.6 Å². The summed E-state index contributed by atoms with van der Waals surface area (Å²) in [4.78, 5) is 15.8. The molecule has 1 fully saturated rings. The lowest BCUT2D eigenvalue weighted by Gasteiger charge is -2.31. The zero-order valence-corrected chi connectivity index (χ0v) is 16.3. The first-order valence-electron chi connectivity index (χ1n) is 8.03. The van der Waals surface area contributed by atoms with Crippen molar-refractivity contribution >= 4 is 46.4 Å². The highest BCUT2D eigenvalue weighted by Crippen LogP contribution is 2.31. The Hall–Kier alpha value is -1.93. The fraction of sp³-hybridized carbons (Fsp3) is 0.263. The summed E-state index contributed by atoms with van der Waals surface area (Å²) in [6, 6.07) is 12.6. The van der Waals surface area contributed by atoms with Crippen LogP contribution in [0.1, 0.15) is 17.5 Å². The molecule has 0 bridgehead atoms. The Morgan fingerprint density at radius 1 is 1.19 bits per heavy atom. The first-order chi connectivity index (χ1) is 12.4. The van der Waals surface area contributed by atoms with E-state index < -0.39 is 0 Å². The van der Waals surface area contributed by atoms with Crippen LogP contribution in [-0.4, -0.2) is 30.4 Å². The van der Waals surface area contributed by atoms with Gasteiger partial charge >= 0.3 is 0 Å². The van der Waals surface area contributed by atoms with E-state index in [1.54, 1.807) is 36.2 Å². The van der Waals surface area contributed by atoms with Gasteiger partial charge in [0.2, 0.25) is 5.91 Å². The second-order valence-electron chi connectivity index (χ2n) is 6.27. The highest BCUT2D eigenvalue weighted by Gasteiger charge is 2.32. The minimum absolute atomic E-state index is 0.0217. The lowest BCUT2D eigenvalue weighted by atomic mass is 10.1. The lowest BCUT2D eigenvalue weighted by molar-refractivity contribution is -0.126. The van der Waals surface area contributed by atoms with Crippen LogP contribution in [0.25, 0.3) is 0 Å². The van der Waals surface area contributed by atoms with Crippen molar-refractivity contribution in [3.8, 4) is 6.07 Å². The number of rotatable bonds is 4. The van der Waals surface area contributed by atoms with E-state index in [4.69, 9.17) is 40.1 Å². The van der Waals surface area contributed by atoms with Gasteiger partial charge in [-0.15, -0.1) is 0 Å². The first kappa shape index (κ1) is 18.8. The van der Waals surface area contributed by atoms with Gasteiger partial charge in [0.1, 0.15) is 6.07 Å². The Kier molecular flexibility index (Phi) is 5.62. The maximum Gasteiger partial charge on any atom is 0.224 e. The molecular formula is C19H16Cl3N3O. The van der Waals surface area contributed by atoms with Gasteiger partial charge in [-0.2, -0.15) is 5.26 Å². The molecule has 0 saturated carbocycles. The number of likely N-dealkylation sites (tertiary alicyclic amines) is 1. The van der Waals surface area contributed by atoms with E-state index in [1.807, 2.05) is 12.1 Å². The van der Waals surface area contributed by atoms with Gasteiger partial charge in [-0.05, 0) is 42.0 Å². The van der Waals surface area contributed by atoms with Crippen LogP contribution in [-0.2, 0) is 11.3 Å². The first-order valence-corrected chi connectivity index (χ1v) is 9.16. The minimum atomic E-state index is -0.0217. The van der Waals surface area contributed by atoms with Crippen molar-refractivity contribution in [3.63, 3.8) is 0 Å². The fourth-order valence-corrected chi connectivity index (χ4v) is 3.69. The normalized spacial score (nSPS) is 16.7. The van der Waals surface area contributed by atoms with Gasteiger partial charge in [0.05, 0.1) is 16.6 Å². The largest absolute Gasteiger partial charge is 0.362 e. The molecular weight excluding hydrogens is 393 g/mol. The van der Waals surface area contributed by atoms with Crippen LogP contribution in [0.15, 0.2) is 36.4 Å². The molecule has 3 rings (SSSR count). The topological polar surface area (TPSA) is 47.3 Å². The molecule has 2 aromatic rings. The summed E-state index contributed by atoms with van der Waals surface area (Å²) < 4.78 is 0. The van der Waals surface area contributed by atoms with E-state index in [9.17, 15) is 4.79 Å². The van der Waals surface area contributed by atoms with E-state index in [2.05, 4.69) is 11.0 Å². The van der Waals surface area contributed by atoms with Gasteiger partial charge in [0.25, 0.3) is 0 Å². The van der Waals surface area contributed by atoms with E-state index in [0.29, 0.717) is 40.1 Å². The van der Waals surface area contributed by atoms with Gasteiger partial charge in [-0.3, -0.25) is 4.79 Å². The SMILES string of the molecule is CN1C[C@@H](N(Cc2cc(Cl)ccc2Cl)c2ccc(C#N)c(Cl)c2)CC1=O. The zero-order chi connectivity index (χ0) is 18.8. The van der Waals surface area contributed by atoms with Gasteiger partial charge in [-0.1, -0.05) is 34.8 Å². The average molecular weight is 409 g/mol. The molecule has 1 amide bonds. The second-order valence-corrected chi connectivity index (χ2v) is 7.52. The number of amides is 1. The Bertz CT molecular complexity index is 894. The summed E-state index contributed by atoms with van der Waals surface area (Å²) in [6.07, 6.45) is 0.409. The molecule has 1 aliphatic heterocycles. The number of hydrogen-bond donors (Lipinski definition) is 0. The number of benzene rings is 2. The number of nitrogens with zero attached hydrogens (tertiary/aromatic N) is 3.